The molecule has 0 bridgehead atoms. The van der Waals surface area contributed by atoms with Crippen LogP contribution in [0.3, 0.4) is 0 Å². The summed E-state index contributed by atoms with van der Waals surface area (Å²) in [7, 11) is 0. The summed E-state index contributed by atoms with van der Waals surface area (Å²) in [6.45, 7) is 4.61. The third-order valence-electron chi connectivity index (χ3n) is 4.76. The average Bonchev–Trinajstić information content (AvgIpc) is 2.67. The molecule has 1 unspecified atom stereocenters. The number of benzene rings is 1. The summed E-state index contributed by atoms with van der Waals surface area (Å²) < 4.78 is 0. The van der Waals surface area contributed by atoms with E-state index in [0.717, 1.165) is 0 Å². The third-order valence-corrected chi connectivity index (χ3v) is 4.76. The molecule has 0 spiro atoms. The van der Waals surface area contributed by atoms with Crippen LogP contribution >= 0.6 is 0 Å². The van der Waals surface area contributed by atoms with E-state index in [0.29, 0.717) is 5.92 Å². The Morgan fingerprint density at radius 2 is 1.56 bits per heavy atom. The number of nitrogens with two attached hydrogens (primary N) is 1. The number of hydrogen-bond donors (Lipinski definition) is 1. The molecule has 1 fully saturated rings. The minimum atomic E-state index is 0.0796. The van der Waals surface area contributed by atoms with Gasteiger partial charge in [-0.05, 0) is 24.3 Å². The summed E-state index contributed by atoms with van der Waals surface area (Å²) >= 11 is 0. The lowest BCUT2D eigenvalue weighted by atomic mass is 9.71. The fourth-order valence-electron chi connectivity index (χ4n) is 3.32. The van der Waals surface area contributed by atoms with Crippen LogP contribution in [0.4, 0.5) is 0 Å². The van der Waals surface area contributed by atoms with Gasteiger partial charge in [-0.15, -0.1) is 0 Å². The highest BCUT2D eigenvalue weighted by atomic mass is 14.7. The Kier molecular flexibility index (Phi) is 4.45. The lowest BCUT2D eigenvalue weighted by Gasteiger charge is -2.37. The summed E-state index contributed by atoms with van der Waals surface area (Å²) in [4.78, 5) is 0. The molecular weight excluding hydrogens is 218 g/mol. The molecule has 1 aliphatic rings. The zero-order valence-electron chi connectivity index (χ0n) is 11.9. The van der Waals surface area contributed by atoms with Crippen molar-refractivity contribution in [3.63, 3.8) is 0 Å². The Bertz CT molecular complexity index is 347. The molecule has 0 aliphatic heterocycles. The molecule has 2 rings (SSSR count). The van der Waals surface area contributed by atoms with Crippen molar-refractivity contribution < 1.29 is 0 Å². The van der Waals surface area contributed by atoms with Crippen molar-refractivity contribution >= 4 is 0 Å². The zero-order valence-corrected chi connectivity index (χ0v) is 11.9. The van der Waals surface area contributed by atoms with Crippen molar-refractivity contribution in [2.45, 2.75) is 63.8 Å². The fraction of sp³-hybridized carbons (Fsp3) is 0.647. The molecule has 0 saturated heterocycles. The van der Waals surface area contributed by atoms with Crippen LogP contribution in [-0.4, -0.2) is 6.04 Å². The van der Waals surface area contributed by atoms with Crippen molar-refractivity contribution in [3.8, 4) is 0 Å². The lowest BCUT2D eigenvalue weighted by Crippen LogP contribution is -2.46. The summed E-state index contributed by atoms with van der Waals surface area (Å²) in [6, 6.07) is 11.0. The quantitative estimate of drug-likeness (QED) is 0.791. The first-order valence-corrected chi connectivity index (χ1v) is 7.43. The Labute approximate surface area is 112 Å². The van der Waals surface area contributed by atoms with Gasteiger partial charge in [-0.2, -0.15) is 0 Å². The summed E-state index contributed by atoms with van der Waals surface area (Å²) in [5, 5.41) is 0. The lowest BCUT2D eigenvalue weighted by molar-refractivity contribution is 0.272. The predicted molar refractivity (Wildman–Crippen MR) is 78.6 cm³/mol. The van der Waals surface area contributed by atoms with Crippen LogP contribution in [0.5, 0.6) is 0 Å². The molecule has 0 radical (unpaired) electrons. The van der Waals surface area contributed by atoms with E-state index in [4.69, 9.17) is 5.73 Å². The third kappa shape index (κ3) is 2.95. The summed E-state index contributed by atoms with van der Waals surface area (Å²) in [6.07, 6.45) is 8.16. The van der Waals surface area contributed by atoms with Gasteiger partial charge in [-0.3, -0.25) is 0 Å². The van der Waals surface area contributed by atoms with Gasteiger partial charge < -0.3 is 5.73 Å². The van der Waals surface area contributed by atoms with E-state index < -0.39 is 0 Å². The molecule has 100 valence electrons. The molecule has 1 aromatic carbocycles. The molecule has 0 aromatic heterocycles. The van der Waals surface area contributed by atoms with E-state index in [1.54, 1.807) is 0 Å². The molecule has 1 nitrogen and oxygen atoms in total. The van der Waals surface area contributed by atoms with E-state index in [-0.39, 0.29) is 11.5 Å². The maximum absolute atomic E-state index is 6.63. The highest BCUT2D eigenvalue weighted by molar-refractivity contribution is 5.26. The van der Waals surface area contributed by atoms with E-state index >= 15 is 0 Å². The fourth-order valence-corrected chi connectivity index (χ4v) is 3.32. The minimum absolute atomic E-state index is 0.0796. The van der Waals surface area contributed by atoms with Crippen molar-refractivity contribution in [1.82, 2.24) is 0 Å². The molecule has 1 aliphatic carbocycles. The molecule has 1 heteroatoms. The van der Waals surface area contributed by atoms with E-state index in [2.05, 4.69) is 44.2 Å². The van der Waals surface area contributed by atoms with Crippen LogP contribution in [0, 0.1) is 5.92 Å². The molecule has 2 N–H and O–H groups in total. The normalized spacial score (nSPS) is 20.4. The molecule has 18 heavy (non-hydrogen) atoms. The first-order valence-electron chi connectivity index (χ1n) is 7.43. The molecule has 0 amide bonds. The van der Waals surface area contributed by atoms with Gasteiger partial charge in [0.05, 0.1) is 0 Å². The van der Waals surface area contributed by atoms with Gasteiger partial charge in [0.2, 0.25) is 0 Å². The SMILES string of the molecule is CC(C)(c1ccccc1)C(N)C1CCCCCC1. The summed E-state index contributed by atoms with van der Waals surface area (Å²) in [5.41, 5.74) is 8.08. The predicted octanol–water partition coefficient (Wildman–Crippen LogP) is 4.26. The zero-order chi connectivity index (χ0) is 13.0. The largest absolute Gasteiger partial charge is 0.327 e. The maximum Gasteiger partial charge on any atom is 0.0159 e. The Morgan fingerprint density at radius 1 is 1.00 bits per heavy atom. The van der Waals surface area contributed by atoms with Gasteiger partial charge in [-0.25, -0.2) is 0 Å². The van der Waals surface area contributed by atoms with Crippen molar-refractivity contribution in [2.75, 3.05) is 0 Å². The topological polar surface area (TPSA) is 26.0 Å². The van der Waals surface area contributed by atoms with Gasteiger partial charge in [0.1, 0.15) is 0 Å². The van der Waals surface area contributed by atoms with Gasteiger partial charge in [0.15, 0.2) is 0 Å². The van der Waals surface area contributed by atoms with Crippen LogP contribution in [0.15, 0.2) is 30.3 Å². The monoisotopic (exact) mass is 245 g/mol. The highest BCUT2D eigenvalue weighted by Gasteiger charge is 2.34. The maximum atomic E-state index is 6.63. The van der Waals surface area contributed by atoms with E-state index in [9.17, 15) is 0 Å². The van der Waals surface area contributed by atoms with Crippen molar-refractivity contribution in [3.05, 3.63) is 35.9 Å². The second-order valence-electron chi connectivity index (χ2n) is 6.37. The first-order chi connectivity index (χ1) is 8.62. The van der Waals surface area contributed by atoms with Crippen molar-refractivity contribution in [1.29, 1.82) is 0 Å². The van der Waals surface area contributed by atoms with Crippen LogP contribution in [0.25, 0.3) is 0 Å². The number of hydrogen-bond acceptors (Lipinski definition) is 1. The van der Waals surface area contributed by atoms with Crippen LogP contribution < -0.4 is 5.73 Å². The first kappa shape index (κ1) is 13.6. The minimum Gasteiger partial charge on any atom is -0.327 e. The summed E-state index contributed by atoms with van der Waals surface area (Å²) in [5.74, 6) is 0.697. The Hall–Kier alpha value is -0.820. The van der Waals surface area contributed by atoms with Crippen LogP contribution in [0.2, 0.25) is 0 Å². The molecule has 0 heterocycles. The second kappa shape index (κ2) is 5.88. The molecule has 1 saturated carbocycles. The Balaban J connectivity index is 2.13. The van der Waals surface area contributed by atoms with Gasteiger partial charge in [0.25, 0.3) is 0 Å². The Morgan fingerprint density at radius 3 is 2.11 bits per heavy atom. The van der Waals surface area contributed by atoms with Gasteiger partial charge >= 0.3 is 0 Å². The highest BCUT2D eigenvalue weighted by Crippen LogP contribution is 2.35. The smallest absolute Gasteiger partial charge is 0.0159 e. The van der Waals surface area contributed by atoms with Crippen LogP contribution in [-0.2, 0) is 5.41 Å². The van der Waals surface area contributed by atoms with E-state index in [1.807, 2.05) is 0 Å². The molecular formula is C17H27N. The van der Waals surface area contributed by atoms with E-state index in [1.165, 1.54) is 44.1 Å². The number of rotatable bonds is 3. The van der Waals surface area contributed by atoms with Gasteiger partial charge in [0, 0.05) is 11.5 Å². The van der Waals surface area contributed by atoms with Crippen molar-refractivity contribution in [2.24, 2.45) is 11.7 Å². The van der Waals surface area contributed by atoms with Crippen LogP contribution in [0.1, 0.15) is 57.9 Å². The molecule has 1 aromatic rings. The second-order valence-corrected chi connectivity index (χ2v) is 6.37. The average molecular weight is 245 g/mol. The van der Waals surface area contributed by atoms with Gasteiger partial charge in [-0.1, -0.05) is 69.9 Å². The molecule has 1 atom stereocenters. The standard InChI is InChI=1S/C17H27N/c1-17(2,15-12-8-5-9-13-15)16(18)14-10-6-3-4-7-11-14/h5,8-9,12-14,16H,3-4,6-7,10-11,18H2,1-2H3.